The fourth-order valence-corrected chi connectivity index (χ4v) is 9.50. The number of carbonyl (C=O) groups excluding carboxylic acids is 4. The Labute approximate surface area is 391 Å². The number of aromatic nitrogens is 2. The van der Waals surface area contributed by atoms with E-state index in [0.29, 0.717) is 104 Å². The molecule has 0 spiro atoms. The molecule has 3 atom stereocenters. The third kappa shape index (κ3) is 10.7. The number of benzene rings is 4. The van der Waals surface area contributed by atoms with Crippen molar-refractivity contribution >= 4 is 57.4 Å². The van der Waals surface area contributed by atoms with Gasteiger partial charge in [-0.05, 0) is 104 Å². The predicted molar refractivity (Wildman–Crippen MR) is 251 cm³/mol. The molecule has 0 saturated carbocycles. The summed E-state index contributed by atoms with van der Waals surface area (Å²) >= 11 is 0. The Kier molecular flexibility index (Phi) is 14.1. The van der Waals surface area contributed by atoms with E-state index in [1.54, 1.807) is 18.2 Å². The van der Waals surface area contributed by atoms with Crippen LogP contribution in [0.5, 0.6) is 0 Å². The fraction of sp³-hybridized carbons (Fsp3) is 0.408. The van der Waals surface area contributed by atoms with E-state index in [2.05, 4.69) is 46.6 Å². The SMILES string of the molecule is O=C(CN1CCN(c2ccc(C(=O)Nc3n[nH]c4ccc(Cc5cc(F)cc(F)c5)cc34)c(NC3CCOCC3)c2)CC1)NCCCCNc1ccc2c(c1)C(=O)N(C1CCC(=O)NC1O)C2O. The van der Waals surface area contributed by atoms with Crippen molar-refractivity contribution in [1.29, 1.82) is 0 Å². The van der Waals surface area contributed by atoms with Crippen LogP contribution in [-0.2, 0) is 20.7 Å². The molecule has 9 rings (SSSR count). The van der Waals surface area contributed by atoms with Crippen LogP contribution in [0.15, 0.2) is 72.8 Å². The van der Waals surface area contributed by atoms with Crippen LogP contribution in [0, 0.1) is 11.6 Å². The molecule has 8 N–H and O–H groups in total. The molecule has 4 amide bonds. The number of ether oxygens (including phenoxy) is 1. The van der Waals surface area contributed by atoms with Gasteiger partial charge in [0, 0.05) is 105 Å². The number of carbonyl (C=O) groups is 4. The molecule has 3 unspecified atom stereocenters. The van der Waals surface area contributed by atoms with Gasteiger partial charge in [0.05, 0.1) is 23.7 Å². The number of hydrogen-bond donors (Lipinski definition) is 8. The molecular weight excluding hydrogens is 879 g/mol. The van der Waals surface area contributed by atoms with Crippen LogP contribution < -0.4 is 31.5 Å². The molecule has 0 radical (unpaired) electrons. The Hall–Kier alpha value is -6.67. The van der Waals surface area contributed by atoms with Crippen molar-refractivity contribution in [3.63, 3.8) is 0 Å². The summed E-state index contributed by atoms with van der Waals surface area (Å²) in [5.74, 6) is -2.02. The summed E-state index contributed by atoms with van der Waals surface area (Å²) in [6.07, 6.45) is 1.36. The first-order chi connectivity index (χ1) is 32.9. The maximum Gasteiger partial charge on any atom is 0.258 e. The Morgan fingerprint density at radius 1 is 0.853 bits per heavy atom. The molecule has 4 aliphatic rings. The van der Waals surface area contributed by atoms with E-state index >= 15 is 0 Å². The number of H-pyrrole nitrogens is 1. The number of hydrogen-bond acceptors (Lipinski definition) is 12. The monoisotopic (exact) mass is 934 g/mol. The lowest BCUT2D eigenvalue weighted by atomic mass is 10.0. The number of piperidine rings is 1. The quantitative estimate of drug-likeness (QED) is 0.0645. The van der Waals surface area contributed by atoms with Crippen molar-refractivity contribution in [2.75, 3.05) is 79.9 Å². The molecule has 19 heteroatoms. The lowest BCUT2D eigenvalue weighted by Crippen LogP contribution is -2.56. The van der Waals surface area contributed by atoms with Gasteiger partial charge < -0.3 is 51.3 Å². The van der Waals surface area contributed by atoms with E-state index in [1.807, 2.05) is 36.4 Å². The minimum absolute atomic E-state index is 0.0458. The summed E-state index contributed by atoms with van der Waals surface area (Å²) in [7, 11) is 0. The summed E-state index contributed by atoms with van der Waals surface area (Å²) in [6, 6.07) is 19.3. The number of nitrogens with zero attached hydrogens (tertiary/aromatic N) is 4. The molecule has 5 aromatic rings. The average Bonchev–Trinajstić information content (AvgIpc) is 3.83. The first-order valence-corrected chi connectivity index (χ1v) is 23.3. The van der Waals surface area contributed by atoms with E-state index in [0.717, 1.165) is 48.7 Å². The second kappa shape index (κ2) is 20.7. The lowest BCUT2D eigenvalue weighted by Gasteiger charge is -2.36. The Morgan fingerprint density at radius 2 is 1.63 bits per heavy atom. The minimum Gasteiger partial charge on any atom is -0.385 e. The van der Waals surface area contributed by atoms with Crippen molar-refractivity contribution in [2.24, 2.45) is 0 Å². The van der Waals surface area contributed by atoms with Gasteiger partial charge in [-0.1, -0.05) is 12.1 Å². The highest BCUT2D eigenvalue weighted by molar-refractivity contribution is 6.11. The number of anilines is 4. The summed E-state index contributed by atoms with van der Waals surface area (Å²) < 4.78 is 33.4. The second-order valence-corrected chi connectivity index (χ2v) is 17.9. The Morgan fingerprint density at radius 3 is 2.41 bits per heavy atom. The molecule has 68 heavy (non-hydrogen) atoms. The molecule has 4 aromatic carbocycles. The van der Waals surface area contributed by atoms with Gasteiger partial charge in [-0.2, -0.15) is 5.10 Å². The first kappa shape index (κ1) is 46.4. The molecule has 5 heterocycles. The molecule has 358 valence electrons. The highest BCUT2D eigenvalue weighted by Crippen LogP contribution is 2.37. The number of aromatic amines is 1. The molecular formula is C49H56F2N10O7. The van der Waals surface area contributed by atoms with Crippen molar-refractivity contribution < 1.29 is 42.9 Å². The number of aliphatic hydroxyl groups is 2. The average molecular weight is 935 g/mol. The number of halogens is 2. The van der Waals surface area contributed by atoms with Crippen molar-refractivity contribution in [1.82, 2.24) is 30.6 Å². The van der Waals surface area contributed by atoms with Crippen LogP contribution in [0.4, 0.5) is 31.7 Å². The van der Waals surface area contributed by atoms with E-state index in [4.69, 9.17) is 4.74 Å². The van der Waals surface area contributed by atoms with Gasteiger partial charge in [0.15, 0.2) is 12.0 Å². The Bertz CT molecular complexity index is 2650. The minimum atomic E-state index is -1.25. The van der Waals surface area contributed by atoms with Crippen molar-refractivity contribution in [2.45, 2.75) is 69.5 Å². The zero-order valence-electron chi connectivity index (χ0n) is 37.5. The fourth-order valence-electron chi connectivity index (χ4n) is 9.50. The van der Waals surface area contributed by atoms with Crippen molar-refractivity contribution in [3.05, 3.63) is 112 Å². The zero-order valence-corrected chi connectivity index (χ0v) is 37.5. The Balaban J connectivity index is 0.741. The van der Waals surface area contributed by atoms with Crippen LogP contribution in [0.2, 0.25) is 0 Å². The number of unbranched alkanes of at least 4 members (excludes halogenated alkanes) is 1. The largest absolute Gasteiger partial charge is 0.385 e. The van der Waals surface area contributed by atoms with Crippen LogP contribution in [0.3, 0.4) is 0 Å². The number of piperazine rings is 1. The molecule has 17 nitrogen and oxygen atoms in total. The van der Waals surface area contributed by atoms with Crippen LogP contribution in [0.1, 0.15) is 82.2 Å². The summed E-state index contributed by atoms with van der Waals surface area (Å²) in [6.45, 7) is 5.40. The molecule has 0 aliphatic carbocycles. The third-order valence-electron chi connectivity index (χ3n) is 13.1. The molecule has 3 saturated heterocycles. The maximum atomic E-state index is 14.0. The van der Waals surface area contributed by atoms with Gasteiger partial charge in [-0.15, -0.1) is 0 Å². The normalized spacial score (nSPS) is 20.0. The van der Waals surface area contributed by atoms with E-state index in [9.17, 15) is 38.2 Å². The third-order valence-corrected chi connectivity index (χ3v) is 13.1. The van der Waals surface area contributed by atoms with E-state index in [-0.39, 0.29) is 43.1 Å². The number of rotatable bonds is 16. The standard InChI is InChI=1S/C49H56F2N10O7/c50-31-22-30(23-32(51)25-31)21-29-3-8-40-39(24-29)45(58-57-40)56-46(64)37-7-5-35(27-41(37)54-33-11-19-68-20-12-33)60-17-15-59(16-18-60)28-44(63)53-14-2-1-13-52-34-4-6-36-38(26-34)49(67)61(48(36)66)42-9-10-43(62)55-47(42)65/h3-8,22-27,33,42,47-48,52,54,65-66H,1-2,9-21,28H2,(H,53,63)(H,55,62)(H2,56,57,58,64). The number of nitrogens with one attached hydrogen (secondary N) is 6. The van der Waals surface area contributed by atoms with Gasteiger partial charge in [-0.25, -0.2) is 8.78 Å². The zero-order chi connectivity index (χ0) is 47.3. The highest BCUT2D eigenvalue weighted by atomic mass is 19.1. The molecule has 4 aliphatic heterocycles. The van der Waals surface area contributed by atoms with Crippen LogP contribution in [-0.4, -0.2) is 131 Å². The second-order valence-electron chi connectivity index (χ2n) is 17.9. The van der Waals surface area contributed by atoms with Gasteiger partial charge in [0.25, 0.3) is 11.8 Å². The molecule has 1 aromatic heterocycles. The first-order valence-electron chi connectivity index (χ1n) is 23.3. The van der Waals surface area contributed by atoms with Crippen LogP contribution in [0.25, 0.3) is 10.9 Å². The molecule has 0 bridgehead atoms. The number of fused-ring (bicyclic) bond motifs is 2. The number of aliphatic hydroxyl groups excluding tert-OH is 2. The number of amides is 4. The van der Waals surface area contributed by atoms with Gasteiger partial charge in [0.2, 0.25) is 11.8 Å². The highest BCUT2D eigenvalue weighted by Gasteiger charge is 2.44. The maximum absolute atomic E-state index is 14.0. The summed E-state index contributed by atoms with van der Waals surface area (Å²) in [4.78, 5) is 57.5. The summed E-state index contributed by atoms with van der Waals surface area (Å²) in [5, 5.41) is 44.6. The predicted octanol–water partition coefficient (Wildman–Crippen LogP) is 4.45. The smallest absolute Gasteiger partial charge is 0.258 e. The van der Waals surface area contributed by atoms with E-state index < -0.39 is 36.0 Å². The molecule has 3 fully saturated rings. The van der Waals surface area contributed by atoms with E-state index in [1.165, 1.54) is 17.0 Å². The summed E-state index contributed by atoms with van der Waals surface area (Å²) in [5.41, 5.74) is 5.63. The van der Waals surface area contributed by atoms with Crippen molar-refractivity contribution in [3.8, 4) is 0 Å². The van der Waals surface area contributed by atoms with Gasteiger partial charge in [-0.3, -0.25) is 29.2 Å². The van der Waals surface area contributed by atoms with Gasteiger partial charge in [0.1, 0.15) is 17.9 Å². The van der Waals surface area contributed by atoms with Crippen LogP contribution >= 0.6 is 0 Å². The lowest BCUT2D eigenvalue weighted by molar-refractivity contribution is -0.132. The van der Waals surface area contributed by atoms with Gasteiger partial charge >= 0.3 is 0 Å². The topological polar surface area (TPSA) is 217 Å².